The Hall–Kier alpha value is -1.46. The normalized spacial score (nSPS) is 12.1. The van der Waals surface area contributed by atoms with Crippen molar-refractivity contribution in [1.29, 1.82) is 0 Å². The maximum atomic E-state index is 12.0. The number of hydrogen-bond acceptors (Lipinski definition) is 3. The quantitative estimate of drug-likeness (QED) is 0.747. The Kier molecular flexibility index (Phi) is 8.06. The summed E-state index contributed by atoms with van der Waals surface area (Å²) in [6, 6.07) is 7.43. The standard InChI is InChI=1S/C16H26ClN3O2/c1-13(12-19(2)3)18-16(21)20(4)10-7-11-22-15-9-6-5-8-14(15)17/h5-6,8-9,13H,7,10-12H2,1-4H3,(H,18,21)/t13-/m0/s1. The zero-order valence-corrected chi connectivity index (χ0v) is 14.6. The topological polar surface area (TPSA) is 44.8 Å². The van der Waals surface area contributed by atoms with E-state index in [0.29, 0.717) is 23.9 Å². The van der Waals surface area contributed by atoms with Crippen LogP contribution in [-0.4, -0.2) is 62.7 Å². The molecule has 22 heavy (non-hydrogen) atoms. The van der Waals surface area contributed by atoms with Gasteiger partial charge < -0.3 is 19.9 Å². The van der Waals surface area contributed by atoms with Crippen LogP contribution in [0, 0.1) is 0 Å². The van der Waals surface area contributed by atoms with Gasteiger partial charge in [0.25, 0.3) is 0 Å². The number of nitrogens with one attached hydrogen (secondary N) is 1. The summed E-state index contributed by atoms with van der Waals surface area (Å²) in [5, 5.41) is 3.56. The van der Waals surface area contributed by atoms with Crippen molar-refractivity contribution in [3.8, 4) is 5.75 Å². The molecule has 1 aromatic carbocycles. The molecule has 1 N–H and O–H groups in total. The Balaban J connectivity index is 2.24. The number of para-hydroxylation sites is 1. The molecular weight excluding hydrogens is 302 g/mol. The van der Waals surface area contributed by atoms with Crippen molar-refractivity contribution in [2.75, 3.05) is 40.8 Å². The van der Waals surface area contributed by atoms with E-state index in [1.807, 2.05) is 44.1 Å². The molecule has 0 bridgehead atoms. The number of hydrogen-bond donors (Lipinski definition) is 1. The molecule has 1 rings (SSSR count). The highest BCUT2D eigenvalue weighted by molar-refractivity contribution is 6.32. The molecule has 1 aromatic rings. The Bertz CT molecular complexity index is 468. The summed E-state index contributed by atoms with van der Waals surface area (Å²) < 4.78 is 5.60. The van der Waals surface area contributed by atoms with Crippen LogP contribution < -0.4 is 10.1 Å². The maximum Gasteiger partial charge on any atom is 0.317 e. The van der Waals surface area contributed by atoms with Gasteiger partial charge in [-0.25, -0.2) is 4.79 Å². The lowest BCUT2D eigenvalue weighted by atomic mass is 10.3. The number of carbonyl (C=O) groups is 1. The number of nitrogens with zero attached hydrogens (tertiary/aromatic N) is 2. The molecule has 124 valence electrons. The predicted molar refractivity (Wildman–Crippen MR) is 90.7 cm³/mol. The van der Waals surface area contributed by atoms with Crippen molar-refractivity contribution >= 4 is 17.6 Å². The van der Waals surface area contributed by atoms with E-state index in [0.717, 1.165) is 13.0 Å². The Morgan fingerprint density at radius 2 is 2.00 bits per heavy atom. The van der Waals surface area contributed by atoms with Crippen LogP contribution in [-0.2, 0) is 0 Å². The van der Waals surface area contributed by atoms with Gasteiger partial charge in [-0.05, 0) is 39.6 Å². The number of ether oxygens (including phenoxy) is 1. The van der Waals surface area contributed by atoms with E-state index in [-0.39, 0.29) is 12.1 Å². The molecule has 6 heteroatoms. The van der Waals surface area contributed by atoms with Crippen LogP contribution in [0.2, 0.25) is 5.02 Å². The molecule has 0 saturated heterocycles. The molecule has 0 aliphatic rings. The summed E-state index contributed by atoms with van der Waals surface area (Å²) in [6.07, 6.45) is 0.747. The van der Waals surface area contributed by atoms with Crippen LogP contribution >= 0.6 is 11.6 Å². The zero-order chi connectivity index (χ0) is 16.5. The number of amides is 2. The maximum absolute atomic E-state index is 12.0. The van der Waals surface area contributed by atoms with Crippen molar-refractivity contribution in [2.24, 2.45) is 0 Å². The lowest BCUT2D eigenvalue weighted by molar-refractivity contribution is 0.197. The van der Waals surface area contributed by atoms with E-state index in [2.05, 4.69) is 5.32 Å². The van der Waals surface area contributed by atoms with Crippen LogP contribution in [0.15, 0.2) is 24.3 Å². The smallest absolute Gasteiger partial charge is 0.317 e. The second kappa shape index (κ2) is 9.54. The molecule has 0 radical (unpaired) electrons. The Morgan fingerprint density at radius 1 is 1.32 bits per heavy atom. The lowest BCUT2D eigenvalue weighted by Gasteiger charge is -2.23. The minimum atomic E-state index is -0.0629. The Morgan fingerprint density at radius 3 is 2.64 bits per heavy atom. The minimum Gasteiger partial charge on any atom is -0.492 e. The fourth-order valence-electron chi connectivity index (χ4n) is 2.06. The van der Waals surface area contributed by atoms with Crippen LogP contribution in [0.5, 0.6) is 5.75 Å². The van der Waals surface area contributed by atoms with Crippen molar-refractivity contribution in [3.05, 3.63) is 29.3 Å². The highest BCUT2D eigenvalue weighted by Gasteiger charge is 2.12. The van der Waals surface area contributed by atoms with E-state index >= 15 is 0 Å². The number of halogens is 1. The number of benzene rings is 1. The molecular formula is C16H26ClN3O2. The first kappa shape index (κ1) is 18.6. The van der Waals surface area contributed by atoms with E-state index in [1.165, 1.54) is 0 Å². The van der Waals surface area contributed by atoms with Gasteiger partial charge in [0, 0.05) is 26.2 Å². The summed E-state index contributed by atoms with van der Waals surface area (Å²) in [6.45, 7) is 3.96. The Labute approximate surface area is 138 Å². The van der Waals surface area contributed by atoms with Gasteiger partial charge in [0.2, 0.25) is 0 Å². The second-order valence-electron chi connectivity index (χ2n) is 5.67. The minimum absolute atomic E-state index is 0.0629. The van der Waals surface area contributed by atoms with Crippen molar-refractivity contribution < 1.29 is 9.53 Å². The molecule has 0 unspecified atom stereocenters. The van der Waals surface area contributed by atoms with Crippen LogP contribution in [0.4, 0.5) is 4.79 Å². The number of rotatable bonds is 8. The average Bonchev–Trinajstić information content (AvgIpc) is 2.44. The SMILES string of the molecule is C[C@@H](CN(C)C)NC(=O)N(C)CCCOc1ccccc1Cl. The molecule has 0 aliphatic heterocycles. The molecule has 5 nitrogen and oxygen atoms in total. The molecule has 0 saturated carbocycles. The summed E-state index contributed by atoms with van der Waals surface area (Å²) in [5.74, 6) is 0.677. The van der Waals surface area contributed by atoms with Crippen LogP contribution in [0.1, 0.15) is 13.3 Å². The summed E-state index contributed by atoms with van der Waals surface area (Å²) >= 11 is 6.01. The fourth-order valence-corrected chi connectivity index (χ4v) is 2.25. The van der Waals surface area contributed by atoms with Crippen molar-refractivity contribution in [1.82, 2.24) is 15.1 Å². The molecule has 2 amide bonds. The number of likely N-dealkylation sites (N-methyl/N-ethyl adjacent to an activating group) is 1. The number of carbonyl (C=O) groups excluding carboxylic acids is 1. The first-order valence-corrected chi connectivity index (χ1v) is 7.81. The largest absolute Gasteiger partial charge is 0.492 e. The number of urea groups is 1. The molecule has 0 aliphatic carbocycles. The van der Waals surface area contributed by atoms with Gasteiger partial charge in [0.05, 0.1) is 11.6 Å². The summed E-state index contributed by atoms with van der Waals surface area (Å²) in [5.41, 5.74) is 0. The molecule has 1 atom stereocenters. The summed E-state index contributed by atoms with van der Waals surface area (Å²) in [7, 11) is 5.75. The third-order valence-electron chi connectivity index (χ3n) is 3.09. The van der Waals surface area contributed by atoms with Gasteiger partial charge in [-0.3, -0.25) is 0 Å². The molecule has 0 heterocycles. The second-order valence-corrected chi connectivity index (χ2v) is 6.07. The highest BCUT2D eigenvalue weighted by Crippen LogP contribution is 2.22. The molecule has 0 fully saturated rings. The van der Waals surface area contributed by atoms with Crippen LogP contribution in [0.25, 0.3) is 0 Å². The van der Waals surface area contributed by atoms with Crippen LogP contribution in [0.3, 0.4) is 0 Å². The van der Waals surface area contributed by atoms with Gasteiger partial charge >= 0.3 is 6.03 Å². The van der Waals surface area contributed by atoms with E-state index in [1.54, 1.807) is 18.0 Å². The van der Waals surface area contributed by atoms with E-state index in [9.17, 15) is 4.79 Å². The van der Waals surface area contributed by atoms with Gasteiger partial charge in [-0.2, -0.15) is 0 Å². The molecule has 0 spiro atoms. The lowest BCUT2D eigenvalue weighted by Crippen LogP contribution is -2.45. The third-order valence-corrected chi connectivity index (χ3v) is 3.40. The highest BCUT2D eigenvalue weighted by atomic mass is 35.5. The average molecular weight is 328 g/mol. The van der Waals surface area contributed by atoms with Crippen molar-refractivity contribution in [3.63, 3.8) is 0 Å². The van der Waals surface area contributed by atoms with E-state index in [4.69, 9.17) is 16.3 Å². The van der Waals surface area contributed by atoms with Gasteiger partial charge in [-0.1, -0.05) is 23.7 Å². The summed E-state index contributed by atoms with van der Waals surface area (Å²) in [4.78, 5) is 15.7. The van der Waals surface area contributed by atoms with Gasteiger partial charge in [0.15, 0.2) is 0 Å². The predicted octanol–water partition coefficient (Wildman–Crippen LogP) is 2.70. The first-order chi connectivity index (χ1) is 10.4. The van der Waals surface area contributed by atoms with Crippen molar-refractivity contribution in [2.45, 2.75) is 19.4 Å². The third kappa shape index (κ3) is 7.00. The monoisotopic (exact) mass is 327 g/mol. The molecule has 0 aromatic heterocycles. The zero-order valence-electron chi connectivity index (χ0n) is 13.8. The van der Waals surface area contributed by atoms with Gasteiger partial charge in [0.1, 0.15) is 5.75 Å². The fraction of sp³-hybridized carbons (Fsp3) is 0.562. The first-order valence-electron chi connectivity index (χ1n) is 7.44. The van der Waals surface area contributed by atoms with E-state index < -0.39 is 0 Å². The van der Waals surface area contributed by atoms with Gasteiger partial charge in [-0.15, -0.1) is 0 Å².